The van der Waals surface area contributed by atoms with Gasteiger partial charge in [-0.2, -0.15) is 0 Å². The number of carboxylic acid groups (broad SMARTS) is 1. The van der Waals surface area contributed by atoms with E-state index in [0.717, 1.165) is 18.8 Å². The van der Waals surface area contributed by atoms with E-state index < -0.39 is 11.9 Å². The van der Waals surface area contributed by atoms with Crippen LogP contribution in [0.15, 0.2) is 12.4 Å². The van der Waals surface area contributed by atoms with E-state index in [4.69, 9.17) is 0 Å². The van der Waals surface area contributed by atoms with Crippen LogP contribution >= 0.6 is 0 Å². The average Bonchev–Trinajstić information content (AvgIpc) is 3.11. The van der Waals surface area contributed by atoms with E-state index in [1.807, 2.05) is 10.8 Å². The summed E-state index contributed by atoms with van der Waals surface area (Å²) in [6.07, 6.45) is 5.94. The number of rotatable bonds is 3. The second-order valence-corrected chi connectivity index (χ2v) is 6.09. The van der Waals surface area contributed by atoms with Gasteiger partial charge in [-0.3, -0.25) is 9.59 Å². The third-order valence-corrected chi connectivity index (χ3v) is 4.93. The molecule has 3 unspecified atom stereocenters. The summed E-state index contributed by atoms with van der Waals surface area (Å²) >= 11 is 0. The van der Waals surface area contributed by atoms with Crippen molar-refractivity contribution >= 4 is 11.9 Å². The summed E-state index contributed by atoms with van der Waals surface area (Å²) in [5, 5.41) is 9.38. The summed E-state index contributed by atoms with van der Waals surface area (Å²) in [6.45, 7) is 3.93. The number of aromatic nitrogens is 2. The number of aliphatic carboxylic acids is 1. The van der Waals surface area contributed by atoms with Gasteiger partial charge in [0.25, 0.3) is 0 Å². The lowest BCUT2D eigenvalue weighted by atomic mass is 9.94. The first kappa shape index (κ1) is 14.1. The van der Waals surface area contributed by atoms with Crippen LogP contribution in [0, 0.1) is 17.8 Å². The van der Waals surface area contributed by atoms with Crippen LogP contribution in [0.2, 0.25) is 0 Å². The lowest BCUT2D eigenvalue weighted by molar-refractivity contribution is -0.149. The molecule has 1 aromatic heterocycles. The van der Waals surface area contributed by atoms with Gasteiger partial charge in [0.2, 0.25) is 5.91 Å². The fourth-order valence-corrected chi connectivity index (χ4v) is 3.62. The smallest absolute Gasteiger partial charge is 0.307 e. The van der Waals surface area contributed by atoms with Crippen molar-refractivity contribution in [1.82, 2.24) is 14.5 Å². The van der Waals surface area contributed by atoms with Crippen LogP contribution in [0.1, 0.15) is 32.0 Å². The van der Waals surface area contributed by atoms with Gasteiger partial charge >= 0.3 is 5.97 Å². The minimum Gasteiger partial charge on any atom is -0.481 e. The van der Waals surface area contributed by atoms with Crippen LogP contribution < -0.4 is 0 Å². The fourth-order valence-electron chi connectivity index (χ4n) is 3.62. The van der Waals surface area contributed by atoms with Gasteiger partial charge in [-0.05, 0) is 18.8 Å². The van der Waals surface area contributed by atoms with Gasteiger partial charge in [0.15, 0.2) is 0 Å². The first-order valence-corrected chi connectivity index (χ1v) is 7.61. The lowest BCUT2D eigenvalue weighted by Gasteiger charge is -2.31. The van der Waals surface area contributed by atoms with Crippen molar-refractivity contribution in [2.45, 2.75) is 39.3 Å². The number of carbonyl (C=O) groups excluding carboxylic acids is 1. The van der Waals surface area contributed by atoms with Crippen LogP contribution in [0.3, 0.4) is 0 Å². The lowest BCUT2D eigenvalue weighted by Crippen LogP contribution is -2.43. The van der Waals surface area contributed by atoms with E-state index in [1.54, 1.807) is 11.1 Å². The maximum absolute atomic E-state index is 12.7. The predicted molar refractivity (Wildman–Crippen MR) is 75.3 cm³/mol. The van der Waals surface area contributed by atoms with Gasteiger partial charge in [-0.15, -0.1) is 0 Å². The number of hydrogen-bond donors (Lipinski definition) is 1. The van der Waals surface area contributed by atoms with Gasteiger partial charge in [-0.25, -0.2) is 4.98 Å². The molecule has 0 aromatic carbocycles. The Labute approximate surface area is 123 Å². The van der Waals surface area contributed by atoms with Gasteiger partial charge in [-0.1, -0.05) is 13.3 Å². The topological polar surface area (TPSA) is 75.4 Å². The highest BCUT2D eigenvalue weighted by Gasteiger charge is 2.44. The highest BCUT2D eigenvalue weighted by atomic mass is 16.4. The van der Waals surface area contributed by atoms with Crippen LogP contribution in [0.5, 0.6) is 0 Å². The van der Waals surface area contributed by atoms with Crippen molar-refractivity contribution in [2.75, 3.05) is 6.54 Å². The molecule has 2 aliphatic rings. The molecule has 114 valence electrons. The van der Waals surface area contributed by atoms with Crippen molar-refractivity contribution in [2.24, 2.45) is 17.8 Å². The zero-order valence-corrected chi connectivity index (χ0v) is 12.2. The molecule has 6 nitrogen and oxygen atoms in total. The van der Waals surface area contributed by atoms with Crippen LogP contribution in [0.25, 0.3) is 0 Å². The van der Waals surface area contributed by atoms with Crippen molar-refractivity contribution in [3.05, 3.63) is 18.2 Å². The zero-order chi connectivity index (χ0) is 15.0. The van der Waals surface area contributed by atoms with Crippen molar-refractivity contribution in [3.63, 3.8) is 0 Å². The summed E-state index contributed by atoms with van der Waals surface area (Å²) < 4.78 is 2.04. The maximum atomic E-state index is 12.7. The van der Waals surface area contributed by atoms with Crippen molar-refractivity contribution in [1.29, 1.82) is 0 Å². The highest BCUT2D eigenvalue weighted by molar-refractivity contribution is 5.85. The SMILES string of the molecule is CCC1CC(C(=O)O)C(C(=O)N2CCn3ccnc3C2)C1. The fraction of sp³-hybridized carbons (Fsp3) is 0.667. The van der Waals surface area contributed by atoms with Gasteiger partial charge in [0, 0.05) is 25.5 Å². The third-order valence-electron chi connectivity index (χ3n) is 4.93. The molecule has 1 fully saturated rings. The molecule has 0 saturated heterocycles. The Bertz CT molecular complexity index is 554. The van der Waals surface area contributed by atoms with Crippen LogP contribution in [-0.4, -0.2) is 38.0 Å². The standard InChI is InChI=1S/C15H21N3O3/c1-2-10-7-11(12(8-10)15(20)21)14(19)18-6-5-17-4-3-16-13(17)9-18/h3-4,10-12H,2,5-9H2,1H3,(H,20,21). The van der Waals surface area contributed by atoms with E-state index in [2.05, 4.69) is 11.9 Å². The Kier molecular flexibility index (Phi) is 3.69. The van der Waals surface area contributed by atoms with Gasteiger partial charge < -0.3 is 14.6 Å². The molecule has 0 spiro atoms. The molecule has 0 bridgehead atoms. The molecule has 1 aliphatic heterocycles. The molecule has 3 rings (SSSR count). The molecule has 2 heterocycles. The van der Waals surface area contributed by atoms with Gasteiger partial charge in [0.05, 0.1) is 18.4 Å². The van der Waals surface area contributed by atoms with Crippen LogP contribution in [-0.2, 0) is 22.7 Å². The Balaban J connectivity index is 1.74. The quantitative estimate of drug-likeness (QED) is 0.912. The maximum Gasteiger partial charge on any atom is 0.307 e. The second kappa shape index (κ2) is 5.50. The third kappa shape index (κ3) is 2.54. The summed E-state index contributed by atoms with van der Waals surface area (Å²) in [5.74, 6) is -0.494. The summed E-state index contributed by atoms with van der Waals surface area (Å²) in [4.78, 5) is 30.2. The van der Waals surface area contributed by atoms with E-state index in [9.17, 15) is 14.7 Å². The number of hydrogen-bond acceptors (Lipinski definition) is 3. The number of carboxylic acids is 1. The van der Waals surface area contributed by atoms with Crippen molar-refractivity contribution < 1.29 is 14.7 Å². The number of nitrogens with zero attached hydrogens (tertiary/aromatic N) is 3. The minimum absolute atomic E-state index is 0.00685. The molecule has 3 atom stereocenters. The van der Waals surface area contributed by atoms with Gasteiger partial charge in [0.1, 0.15) is 5.82 Å². The normalized spacial score (nSPS) is 28.4. The average molecular weight is 291 g/mol. The Morgan fingerprint density at radius 3 is 2.81 bits per heavy atom. The molecule has 1 aromatic rings. The largest absolute Gasteiger partial charge is 0.481 e. The number of carbonyl (C=O) groups is 2. The molecule has 1 aliphatic carbocycles. The van der Waals surface area contributed by atoms with Crippen LogP contribution in [0.4, 0.5) is 0 Å². The number of imidazole rings is 1. The molecule has 21 heavy (non-hydrogen) atoms. The molecule has 6 heteroatoms. The first-order valence-electron chi connectivity index (χ1n) is 7.61. The molecule has 1 saturated carbocycles. The minimum atomic E-state index is -0.831. The second-order valence-electron chi connectivity index (χ2n) is 6.09. The summed E-state index contributed by atoms with van der Waals surface area (Å²) in [5.41, 5.74) is 0. The monoisotopic (exact) mass is 291 g/mol. The summed E-state index contributed by atoms with van der Waals surface area (Å²) in [7, 11) is 0. The number of amides is 1. The van der Waals surface area contributed by atoms with E-state index in [1.165, 1.54) is 0 Å². The van der Waals surface area contributed by atoms with E-state index >= 15 is 0 Å². The summed E-state index contributed by atoms with van der Waals surface area (Å²) in [6, 6.07) is 0. The molecular weight excluding hydrogens is 270 g/mol. The zero-order valence-electron chi connectivity index (χ0n) is 12.2. The molecule has 0 radical (unpaired) electrons. The van der Waals surface area contributed by atoms with Crippen molar-refractivity contribution in [3.8, 4) is 0 Å². The Hall–Kier alpha value is -1.85. The Morgan fingerprint density at radius 2 is 2.10 bits per heavy atom. The molecule has 1 N–H and O–H groups in total. The number of fused-ring (bicyclic) bond motifs is 1. The molecular formula is C15H21N3O3. The van der Waals surface area contributed by atoms with E-state index in [-0.39, 0.29) is 11.8 Å². The predicted octanol–water partition coefficient (Wildman–Crippen LogP) is 1.36. The Morgan fingerprint density at radius 1 is 1.33 bits per heavy atom. The first-order chi connectivity index (χ1) is 10.1. The molecule has 1 amide bonds. The van der Waals surface area contributed by atoms with E-state index in [0.29, 0.717) is 31.8 Å². The highest BCUT2D eigenvalue weighted by Crippen LogP contribution is 2.39.